The molecule has 1 fully saturated rings. The molecule has 1 aliphatic heterocycles. The Morgan fingerprint density at radius 3 is 2.68 bits per heavy atom. The van der Waals surface area contributed by atoms with E-state index in [2.05, 4.69) is 14.8 Å². The van der Waals surface area contributed by atoms with Crippen molar-refractivity contribution in [2.75, 3.05) is 44.7 Å². The van der Waals surface area contributed by atoms with Gasteiger partial charge in [-0.15, -0.1) is 0 Å². The van der Waals surface area contributed by atoms with E-state index in [9.17, 15) is 14.9 Å². The van der Waals surface area contributed by atoms with Crippen LogP contribution < -0.4 is 4.90 Å². The molecule has 2 rings (SSSR count). The summed E-state index contributed by atoms with van der Waals surface area (Å²) in [6.07, 6.45) is 1.11. The van der Waals surface area contributed by atoms with Crippen LogP contribution in [0.25, 0.3) is 0 Å². The second-order valence-corrected chi connectivity index (χ2v) is 5.20. The highest BCUT2D eigenvalue weighted by Gasteiger charge is 2.22. The number of rotatable bonds is 5. The fourth-order valence-electron chi connectivity index (χ4n) is 2.36. The summed E-state index contributed by atoms with van der Waals surface area (Å²) in [7, 11) is 2.05. The highest BCUT2D eigenvalue weighted by atomic mass is 16.6. The lowest BCUT2D eigenvalue weighted by Crippen LogP contribution is -2.44. The predicted octanol–water partition coefficient (Wildman–Crippen LogP) is 0.847. The van der Waals surface area contributed by atoms with E-state index in [0.29, 0.717) is 11.4 Å². The Labute approximate surface area is 128 Å². The van der Waals surface area contributed by atoms with Gasteiger partial charge in [0.2, 0.25) is 0 Å². The summed E-state index contributed by atoms with van der Waals surface area (Å²) in [6, 6.07) is 1.63. The Balaban J connectivity index is 2.22. The van der Waals surface area contributed by atoms with Gasteiger partial charge in [0.25, 0.3) is 5.69 Å². The van der Waals surface area contributed by atoms with Crippen LogP contribution in [-0.4, -0.2) is 60.6 Å². The molecule has 1 saturated heterocycles. The first-order valence-electron chi connectivity index (χ1n) is 7.23. The van der Waals surface area contributed by atoms with Crippen LogP contribution in [0.2, 0.25) is 0 Å². The number of hydrogen-bond acceptors (Lipinski definition) is 7. The molecule has 0 amide bonds. The number of ether oxygens (including phenoxy) is 1. The second kappa shape index (κ2) is 7.17. The topological polar surface area (TPSA) is 88.8 Å². The molecule has 0 atom stereocenters. The molecule has 0 aliphatic carbocycles. The molecule has 120 valence electrons. The minimum Gasteiger partial charge on any atom is -0.466 e. The van der Waals surface area contributed by atoms with Crippen molar-refractivity contribution in [3.8, 4) is 0 Å². The van der Waals surface area contributed by atoms with Crippen molar-refractivity contribution in [2.24, 2.45) is 0 Å². The summed E-state index contributed by atoms with van der Waals surface area (Å²) < 4.78 is 4.88. The molecule has 22 heavy (non-hydrogen) atoms. The van der Waals surface area contributed by atoms with E-state index in [4.69, 9.17) is 4.74 Å². The van der Waals surface area contributed by atoms with Gasteiger partial charge in [-0.2, -0.15) is 0 Å². The standard InChI is InChI=1S/C14H20N4O4/c1-3-22-14(19)9-11-8-13(15-10-12(11)18(20)21)17-6-4-16(2)5-7-17/h8,10H,3-7,9H2,1-2H3. The molecule has 1 aromatic rings. The molecule has 0 saturated carbocycles. The number of esters is 1. The molecule has 0 unspecified atom stereocenters. The van der Waals surface area contributed by atoms with Crippen molar-refractivity contribution in [2.45, 2.75) is 13.3 Å². The summed E-state index contributed by atoms with van der Waals surface area (Å²) in [5, 5.41) is 11.1. The molecule has 0 N–H and O–H groups in total. The zero-order valence-electron chi connectivity index (χ0n) is 12.8. The fraction of sp³-hybridized carbons (Fsp3) is 0.571. The molecule has 1 aromatic heterocycles. The maximum absolute atomic E-state index is 11.6. The summed E-state index contributed by atoms with van der Waals surface area (Å²) in [5.74, 6) is 0.194. The predicted molar refractivity (Wildman–Crippen MR) is 80.9 cm³/mol. The normalized spacial score (nSPS) is 15.6. The van der Waals surface area contributed by atoms with E-state index < -0.39 is 10.9 Å². The smallest absolute Gasteiger partial charge is 0.310 e. The van der Waals surface area contributed by atoms with Crippen LogP contribution in [0.4, 0.5) is 11.5 Å². The molecule has 2 heterocycles. The van der Waals surface area contributed by atoms with Crippen LogP contribution >= 0.6 is 0 Å². The lowest BCUT2D eigenvalue weighted by atomic mass is 10.1. The zero-order chi connectivity index (χ0) is 16.1. The van der Waals surface area contributed by atoms with Crippen LogP contribution in [0.15, 0.2) is 12.3 Å². The molecule has 0 radical (unpaired) electrons. The van der Waals surface area contributed by atoms with Crippen molar-refractivity contribution in [3.05, 3.63) is 27.9 Å². The quantitative estimate of drug-likeness (QED) is 0.452. The van der Waals surface area contributed by atoms with E-state index in [0.717, 1.165) is 26.2 Å². The lowest BCUT2D eigenvalue weighted by Gasteiger charge is -2.33. The SMILES string of the molecule is CCOC(=O)Cc1cc(N2CCN(C)CC2)ncc1[N+](=O)[O-]. The van der Waals surface area contributed by atoms with Crippen molar-refractivity contribution >= 4 is 17.5 Å². The number of anilines is 1. The van der Waals surface area contributed by atoms with Crippen molar-refractivity contribution < 1.29 is 14.5 Å². The largest absolute Gasteiger partial charge is 0.466 e. The third kappa shape index (κ3) is 3.91. The van der Waals surface area contributed by atoms with Gasteiger partial charge >= 0.3 is 5.97 Å². The van der Waals surface area contributed by atoms with Crippen molar-refractivity contribution in [1.29, 1.82) is 0 Å². The molecule has 0 spiro atoms. The number of hydrogen-bond donors (Lipinski definition) is 0. The number of likely N-dealkylation sites (N-methyl/N-ethyl adjacent to an activating group) is 1. The summed E-state index contributed by atoms with van der Waals surface area (Å²) in [6.45, 7) is 5.38. The Morgan fingerprint density at radius 2 is 2.09 bits per heavy atom. The van der Waals surface area contributed by atoms with Gasteiger partial charge in [-0.25, -0.2) is 4.98 Å². The molecule has 8 heteroatoms. The summed E-state index contributed by atoms with van der Waals surface area (Å²) in [5.41, 5.74) is 0.193. The Kier molecular flexibility index (Phi) is 5.26. The minimum atomic E-state index is -0.519. The van der Waals surface area contributed by atoms with Gasteiger partial charge in [0.15, 0.2) is 0 Å². The number of carbonyl (C=O) groups is 1. The highest BCUT2D eigenvalue weighted by Crippen LogP contribution is 2.24. The zero-order valence-corrected chi connectivity index (χ0v) is 12.8. The average molecular weight is 308 g/mol. The van der Waals surface area contributed by atoms with Crippen molar-refractivity contribution in [1.82, 2.24) is 9.88 Å². The average Bonchev–Trinajstić information content (AvgIpc) is 2.48. The van der Waals surface area contributed by atoms with Crippen LogP contribution in [0.5, 0.6) is 0 Å². The van der Waals surface area contributed by atoms with E-state index in [1.54, 1.807) is 13.0 Å². The molecular formula is C14H20N4O4. The lowest BCUT2D eigenvalue weighted by molar-refractivity contribution is -0.385. The second-order valence-electron chi connectivity index (χ2n) is 5.20. The number of nitro groups is 1. The maximum Gasteiger partial charge on any atom is 0.310 e. The van der Waals surface area contributed by atoms with Gasteiger partial charge in [0.05, 0.1) is 18.0 Å². The van der Waals surface area contributed by atoms with Gasteiger partial charge in [0.1, 0.15) is 12.0 Å². The van der Waals surface area contributed by atoms with Crippen LogP contribution in [0, 0.1) is 10.1 Å². The monoisotopic (exact) mass is 308 g/mol. The van der Waals surface area contributed by atoms with E-state index >= 15 is 0 Å². The molecule has 0 bridgehead atoms. The first kappa shape index (κ1) is 16.2. The molecular weight excluding hydrogens is 288 g/mol. The Bertz CT molecular complexity index is 556. The first-order chi connectivity index (χ1) is 10.5. The van der Waals surface area contributed by atoms with Gasteiger partial charge in [-0.05, 0) is 20.0 Å². The highest BCUT2D eigenvalue weighted by molar-refractivity contribution is 5.74. The van der Waals surface area contributed by atoms with Gasteiger partial charge in [-0.3, -0.25) is 14.9 Å². The van der Waals surface area contributed by atoms with Crippen LogP contribution in [0.1, 0.15) is 12.5 Å². The third-order valence-electron chi connectivity index (χ3n) is 3.62. The molecule has 0 aromatic carbocycles. The van der Waals surface area contributed by atoms with Crippen molar-refractivity contribution in [3.63, 3.8) is 0 Å². The minimum absolute atomic E-state index is 0.118. The summed E-state index contributed by atoms with van der Waals surface area (Å²) in [4.78, 5) is 30.7. The number of pyridine rings is 1. The third-order valence-corrected chi connectivity index (χ3v) is 3.62. The molecule has 1 aliphatic rings. The number of nitrogens with zero attached hydrogens (tertiary/aromatic N) is 4. The van der Waals surface area contributed by atoms with Crippen LogP contribution in [0.3, 0.4) is 0 Å². The van der Waals surface area contributed by atoms with Crippen LogP contribution in [-0.2, 0) is 16.0 Å². The van der Waals surface area contributed by atoms with Gasteiger partial charge in [-0.1, -0.05) is 0 Å². The van der Waals surface area contributed by atoms with E-state index in [1.807, 2.05) is 7.05 Å². The van der Waals surface area contributed by atoms with E-state index in [-0.39, 0.29) is 18.7 Å². The number of aromatic nitrogens is 1. The Morgan fingerprint density at radius 1 is 1.41 bits per heavy atom. The van der Waals surface area contributed by atoms with Gasteiger partial charge in [0, 0.05) is 31.7 Å². The summed E-state index contributed by atoms with van der Waals surface area (Å²) >= 11 is 0. The Hall–Kier alpha value is -2.22. The fourth-order valence-corrected chi connectivity index (χ4v) is 2.36. The number of carbonyl (C=O) groups excluding carboxylic acids is 1. The molecule has 8 nitrogen and oxygen atoms in total. The van der Waals surface area contributed by atoms with Gasteiger partial charge < -0.3 is 14.5 Å². The maximum atomic E-state index is 11.6. The number of piperazine rings is 1. The van der Waals surface area contributed by atoms with E-state index in [1.165, 1.54) is 6.20 Å². The first-order valence-corrected chi connectivity index (χ1v) is 7.23.